The molecular weight excluding hydrogens is 224 g/mol. The zero-order chi connectivity index (χ0) is 12.3. The third-order valence-electron chi connectivity index (χ3n) is 1.86. The van der Waals surface area contributed by atoms with Crippen molar-refractivity contribution < 1.29 is 9.53 Å². The van der Waals surface area contributed by atoms with Crippen molar-refractivity contribution in [3.8, 4) is 11.9 Å². The molecule has 0 saturated carbocycles. The molecule has 0 aliphatic carbocycles. The summed E-state index contributed by atoms with van der Waals surface area (Å²) in [5.74, 6) is -0.564. The van der Waals surface area contributed by atoms with E-state index in [1.165, 1.54) is 30.5 Å². The van der Waals surface area contributed by atoms with Crippen LogP contribution in [0.5, 0.6) is 0 Å². The van der Waals surface area contributed by atoms with Gasteiger partial charge in [0, 0.05) is 12.4 Å². The number of nitriles is 1. The molecule has 8 nitrogen and oxygen atoms in total. The molecule has 2 aromatic heterocycles. The Morgan fingerprint density at radius 3 is 2.88 bits per heavy atom. The van der Waals surface area contributed by atoms with E-state index >= 15 is 0 Å². The number of esters is 1. The van der Waals surface area contributed by atoms with Crippen LogP contribution in [0.3, 0.4) is 0 Å². The summed E-state index contributed by atoms with van der Waals surface area (Å²) < 4.78 is 5.66. The van der Waals surface area contributed by atoms with Crippen molar-refractivity contribution in [2.45, 2.75) is 0 Å². The maximum atomic E-state index is 11.2. The van der Waals surface area contributed by atoms with Gasteiger partial charge in [-0.05, 0) is 0 Å². The van der Waals surface area contributed by atoms with Crippen LogP contribution in [0.25, 0.3) is 5.82 Å². The van der Waals surface area contributed by atoms with Crippen molar-refractivity contribution in [3.05, 3.63) is 30.2 Å². The van der Waals surface area contributed by atoms with Crippen LogP contribution in [0.1, 0.15) is 16.3 Å². The van der Waals surface area contributed by atoms with Gasteiger partial charge in [0.05, 0.1) is 7.11 Å². The zero-order valence-corrected chi connectivity index (χ0v) is 8.73. The molecule has 8 heteroatoms. The minimum atomic E-state index is -0.661. The minimum Gasteiger partial charge on any atom is -0.463 e. The van der Waals surface area contributed by atoms with Crippen LogP contribution < -0.4 is 0 Å². The van der Waals surface area contributed by atoms with Crippen molar-refractivity contribution in [3.63, 3.8) is 0 Å². The van der Waals surface area contributed by atoms with Gasteiger partial charge < -0.3 is 4.74 Å². The predicted molar refractivity (Wildman–Crippen MR) is 53.0 cm³/mol. The summed E-state index contributed by atoms with van der Waals surface area (Å²) in [6.07, 6.45) is 4.06. The average molecular weight is 230 g/mol. The molecule has 0 aliphatic rings. The van der Waals surface area contributed by atoms with E-state index in [2.05, 4.69) is 24.8 Å². The number of ether oxygens (including phenoxy) is 1. The molecule has 0 spiro atoms. The van der Waals surface area contributed by atoms with Crippen LogP contribution in [-0.4, -0.2) is 37.8 Å². The summed E-state index contributed by atoms with van der Waals surface area (Å²) in [5.41, 5.74) is 0.0915. The summed E-state index contributed by atoms with van der Waals surface area (Å²) in [5, 5.41) is 12.7. The van der Waals surface area contributed by atoms with Crippen molar-refractivity contribution >= 4 is 5.97 Å². The third kappa shape index (κ3) is 1.93. The summed E-state index contributed by atoms with van der Waals surface area (Å²) >= 11 is 0. The maximum Gasteiger partial charge on any atom is 0.377 e. The second-order valence-electron chi connectivity index (χ2n) is 2.84. The van der Waals surface area contributed by atoms with E-state index in [0.29, 0.717) is 0 Å². The first kappa shape index (κ1) is 10.7. The monoisotopic (exact) mass is 230 g/mol. The number of carbonyl (C=O) groups is 1. The van der Waals surface area contributed by atoms with E-state index in [0.717, 1.165) is 0 Å². The molecule has 0 amide bonds. The van der Waals surface area contributed by atoms with E-state index in [1.54, 1.807) is 0 Å². The van der Waals surface area contributed by atoms with Gasteiger partial charge in [0.2, 0.25) is 0 Å². The molecule has 0 N–H and O–H groups in total. The molecule has 84 valence electrons. The Morgan fingerprint density at radius 1 is 1.41 bits per heavy atom. The van der Waals surface area contributed by atoms with Crippen LogP contribution in [0.2, 0.25) is 0 Å². The Kier molecular flexibility index (Phi) is 2.74. The third-order valence-corrected chi connectivity index (χ3v) is 1.86. The number of methoxy groups -OCH3 is 1. The Bertz CT molecular complexity index is 600. The average Bonchev–Trinajstić information content (AvgIpc) is 2.87. The van der Waals surface area contributed by atoms with Crippen LogP contribution in [0, 0.1) is 11.3 Å². The molecule has 0 radical (unpaired) electrons. The highest BCUT2D eigenvalue weighted by molar-refractivity contribution is 5.84. The fourth-order valence-electron chi connectivity index (χ4n) is 1.13. The molecule has 0 unspecified atom stereocenters. The molecule has 0 atom stereocenters. The van der Waals surface area contributed by atoms with Gasteiger partial charge in [-0.25, -0.2) is 19.7 Å². The van der Waals surface area contributed by atoms with E-state index in [-0.39, 0.29) is 17.3 Å². The first-order chi connectivity index (χ1) is 8.26. The van der Waals surface area contributed by atoms with Gasteiger partial charge in [-0.1, -0.05) is 0 Å². The maximum absolute atomic E-state index is 11.2. The van der Waals surface area contributed by atoms with Gasteiger partial charge in [0.1, 0.15) is 12.4 Å². The van der Waals surface area contributed by atoms with Gasteiger partial charge in [-0.15, -0.1) is 5.10 Å². The topological polar surface area (TPSA) is 107 Å². The normalized spacial score (nSPS) is 9.65. The fraction of sp³-hybridized carbons (Fsp3) is 0.111. The lowest BCUT2D eigenvalue weighted by atomic mass is 10.4. The second-order valence-corrected chi connectivity index (χ2v) is 2.84. The number of rotatable bonds is 2. The summed E-state index contributed by atoms with van der Waals surface area (Å²) in [4.78, 5) is 22.7. The smallest absolute Gasteiger partial charge is 0.377 e. The van der Waals surface area contributed by atoms with E-state index in [4.69, 9.17) is 5.26 Å². The number of carbonyl (C=O) groups excluding carboxylic acids is 1. The molecular formula is C9H6N6O2. The standard InChI is InChI=1S/C9H6N6O2/c1-17-9(16)7-13-5-15(14-7)8-6(4-10)11-2-3-12-8/h2-3,5H,1H3. The molecule has 2 rings (SSSR count). The lowest BCUT2D eigenvalue weighted by molar-refractivity contribution is 0.0587. The lowest BCUT2D eigenvalue weighted by Crippen LogP contribution is -2.07. The highest BCUT2D eigenvalue weighted by Crippen LogP contribution is 2.06. The Hall–Kier alpha value is -2.82. The lowest BCUT2D eigenvalue weighted by Gasteiger charge is -1.99. The number of aromatic nitrogens is 5. The first-order valence-electron chi connectivity index (χ1n) is 4.47. The minimum absolute atomic E-state index is 0.0915. The molecule has 0 bridgehead atoms. The zero-order valence-electron chi connectivity index (χ0n) is 8.73. The molecule has 2 aromatic rings. The molecule has 0 saturated heterocycles. The van der Waals surface area contributed by atoms with Crippen molar-refractivity contribution in [2.24, 2.45) is 0 Å². The molecule has 17 heavy (non-hydrogen) atoms. The van der Waals surface area contributed by atoms with Crippen LogP contribution in [-0.2, 0) is 4.74 Å². The fourth-order valence-corrected chi connectivity index (χ4v) is 1.13. The first-order valence-corrected chi connectivity index (χ1v) is 4.47. The highest BCUT2D eigenvalue weighted by atomic mass is 16.5. The van der Waals surface area contributed by atoms with Crippen molar-refractivity contribution in [2.75, 3.05) is 7.11 Å². The van der Waals surface area contributed by atoms with Gasteiger partial charge in [0.15, 0.2) is 11.5 Å². The van der Waals surface area contributed by atoms with Gasteiger partial charge in [0.25, 0.3) is 5.82 Å². The Morgan fingerprint density at radius 2 is 2.18 bits per heavy atom. The van der Waals surface area contributed by atoms with Gasteiger partial charge in [-0.3, -0.25) is 0 Å². The van der Waals surface area contributed by atoms with E-state index in [9.17, 15) is 4.79 Å². The highest BCUT2D eigenvalue weighted by Gasteiger charge is 2.14. The summed E-state index contributed by atoms with van der Waals surface area (Å²) in [6, 6.07) is 1.87. The van der Waals surface area contributed by atoms with Crippen LogP contribution in [0.15, 0.2) is 18.7 Å². The SMILES string of the molecule is COC(=O)c1ncn(-c2nccnc2C#N)n1. The van der Waals surface area contributed by atoms with E-state index < -0.39 is 5.97 Å². The number of hydrogen-bond acceptors (Lipinski definition) is 7. The molecule has 2 heterocycles. The van der Waals surface area contributed by atoms with Crippen LogP contribution in [0.4, 0.5) is 0 Å². The Balaban J connectivity index is 2.44. The quantitative estimate of drug-likeness (QED) is 0.652. The van der Waals surface area contributed by atoms with Crippen LogP contribution >= 0.6 is 0 Å². The van der Waals surface area contributed by atoms with Crippen molar-refractivity contribution in [1.82, 2.24) is 24.7 Å². The summed E-state index contributed by atoms with van der Waals surface area (Å²) in [7, 11) is 1.23. The van der Waals surface area contributed by atoms with Crippen molar-refractivity contribution in [1.29, 1.82) is 5.26 Å². The van der Waals surface area contributed by atoms with Gasteiger partial charge in [-0.2, -0.15) is 9.94 Å². The number of hydrogen-bond donors (Lipinski definition) is 0. The molecule has 0 aromatic carbocycles. The number of nitrogens with zero attached hydrogens (tertiary/aromatic N) is 6. The molecule has 0 fully saturated rings. The largest absolute Gasteiger partial charge is 0.463 e. The van der Waals surface area contributed by atoms with Gasteiger partial charge >= 0.3 is 5.97 Å². The summed E-state index contributed by atoms with van der Waals surface area (Å²) in [6.45, 7) is 0. The molecule has 0 aliphatic heterocycles. The second kappa shape index (κ2) is 4.36. The predicted octanol–water partition coefficient (Wildman–Crippen LogP) is -0.284. The van der Waals surface area contributed by atoms with E-state index in [1.807, 2.05) is 6.07 Å². The Labute approximate surface area is 95.5 Å².